The van der Waals surface area contributed by atoms with Crippen LogP contribution in [-0.4, -0.2) is 12.2 Å². The molecule has 2 nitrogen and oxygen atoms in total. The molecule has 0 unspecified atom stereocenters. The van der Waals surface area contributed by atoms with E-state index in [1.165, 1.54) is 0 Å². The first kappa shape index (κ1) is 13.3. The number of hydrogen-bond donors (Lipinski definition) is 0. The summed E-state index contributed by atoms with van der Waals surface area (Å²) in [4.78, 5) is 0. The van der Waals surface area contributed by atoms with Crippen molar-refractivity contribution in [1.29, 1.82) is 0 Å². The molecule has 0 saturated heterocycles. The molecule has 0 bridgehead atoms. The standard InChI is InChI=1S/2C3H7O.Hf.2HI/c2*1-3(2)4;;;/h2*3H,1-2H3;;2*1H/q2*-1;+4;;/p-2. The summed E-state index contributed by atoms with van der Waals surface area (Å²) in [5, 5.41) is 0. The van der Waals surface area contributed by atoms with E-state index in [1.54, 1.807) is 0 Å². The molecule has 0 fully saturated rings. The maximum absolute atomic E-state index is 5.72. The van der Waals surface area contributed by atoms with Gasteiger partial charge in [-0.15, -0.1) is 0 Å². The van der Waals surface area contributed by atoms with Gasteiger partial charge in [-0.25, -0.2) is 0 Å². The molecule has 0 aromatic heterocycles. The molecule has 0 atom stereocenters. The van der Waals surface area contributed by atoms with Crippen molar-refractivity contribution in [3.63, 3.8) is 0 Å². The predicted molar refractivity (Wildman–Crippen MR) is 60.5 cm³/mol. The van der Waals surface area contributed by atoms with Crippen molar-refractivity contribution in [2.75, 3.05) is 0 Å². The summed E-state index contributed by atoms with van der Waals surface area (Å²) >= 11 is 2.03. The van der Waals surface area contributed by atoms with E-state index in [0.717, 1.165) is 0 Å². The predicted octanol–water partition coefficient (Wildman–Crippen LogP) is 3.52. The quantitative estimate of drug-likeness (QED) is 0.394. The van der Waals surface area contributed by atoms with Crippen LogP contribution < -0.4 is 0 Å². The normalized spacial score (nSPS) is 13.1. The molecule has 0 heterocycles. The molecule has 0 saturated carbocycles. The average molecular weight is 550 g/mol. The Kier molecular flexibility index (Phi) is 7.07. The van der Waals surface area contributed by atoms with Gasteiger partial charge in [0, 0.05) is 0 Å². The molecule has 68 valence electrons. The van der Waals surface area contributed by atoms with Crippen LogP contribution in [0.5, 0.6) is 0 Å². The van der Waals surface area contributed by atoms with Gasteiger partial charge in [0.05, 0.1) is 0 Å². The molecule has 11 heavy (non-hydrogen) atoms. The van der Waals surface area contributed by atoms with Crippen molar-refractivity contribution in [2.45, 2.75) is 39.9 Å². The van der Waals surface area contributed by atoms with E-state index in [4.69, 9.17) is 5.71 Å². The molecule has 0 N–H and O–H groups in total. The summed E-state index contributed by atoms with van der Waals surface area (Å²) in [5.41, 5.74) is 0. The third kappa shape index (κ3) is 8.58. The molecule has 0 aliphatic rings. The number of halogens is 2. The Morgan fingerprint density at radius 1 is 0.909 bits per heavy atom. The SMILES string of the molecule is CC(C)[O][Hf]([I])([I])[O]C(C)C. The zero-order valence-electron chi connectivity index (χ0n) is 7.23. The molecule has 0 aliphatic heterocycles. The molecule has 0 rings (SSSR count). The number of hydrogen-bond acceptors (Lipinski definition) is 2. The Morgan fingerprint density at radius 2 is 1.18 bits per heavy atom. The molecular formula is C6H14HfI2O2. The van der Waals surface area contributed by atoms with E-state index in [-0.39, 0.29) is 0 Å². The molecule has 0 aromatic rings. The molecule has 0 aliphatic carbocycles. The Labute approximate surface area is 92.9 Å². The third-order valence-corrected chi connectivity index (χ3v) is 14.4. The van der Waals surface area contributed by atoms with Crippen molar-refractivity contribution < 1.29 is 18.2 Å². The Balaban J connectivity index is 3.79. The van der Waals surface area contributed by atoms with Crippen LogP contribution >= 0.6 is 36.3 Å². The van der Waals surface area contributed by atoms with Crippen molar-refractivity contribution in [1.82, 2.24) is 0 Å². The zero-order chi connectivity index (χ0) is 9.07. The van der Waals surface area contributed by atoms with Crippen molar-refractivity contribution >= 4 is 36.3 Å². The molecule has 0 aromatic carbocycles. The fraction of sp³-hybridized carbons (Fsp3) is 1.00. The zero-order valence-corrected chi connectivity index (χ0v) is 15.1. The van der Waals surface area contributed by atoms with E-state index in [1.807, 2.05) is 0 Å². The molecule has 0 amide bonds. The van der Waals surface area contributed by atoms with Crippen molar-refractivity contribution in [3.8, 4) is 0 Å². The minimum absolute atomic E-state index is 0.296. The van der Waals surface area contributed by atoms with Crippen LogP contribution in [0, 0.1) is 0 Å². The first-order chi connectivity index (χ1) is 4.83. The topological polar surface area (TPSA) is 18.5 Å². The third-order valence-electron chi connectivity index (χ3n) is 0.746. The van der Waals surface area contributed by atoms with Gasteiger partial charge in [-0.2, -0.15) is 0 Å². The Morgan fingerprint density at radius 3 is 1.36 bits per heavy atom. The van der Waals surface area contributed by atoms with Crippen LogP contribution in [0.1, 0.15) is 27.7 Å². The minimum atomic E-state index is -2.71. The Hall–Kier alpha value is 2.25. The molecule has 5 heteroatoms. The van der Waals surface area contributed by atoms with Gasteiger partial charge in [-0.1, -0.05) is 0 Å². The van der Waals surface area contributed by atoms with Gasteiger partial charge < -0.3 is 0 Å². The van der Waals surface area contributed by atoms with Gasteiger partial charge in [0.1, 0.15) is 0 Å². The van der Waals surface area contributed by atoms with Gasteiger partial charge in [-0.3, -0.25) is 0 Å². The summed E-state index contributed by atoms with van der Waals surface area (Å²) < 4.78 is 11.4. The van der Waals surface area contributed by atoms with Gasteiger partial charge in [0.15, 0.2) is 0 Å². The van der Waals surface area contributed by atoms with Gasteiger partial charge in [0.2, 0.25) is 0 Å². The van der Waals surface area contributed by atoms with E-state index >= 15 is 0 Å². The second-order valence-electron chi connectivity index (χ2n) is 2.80. The first-order valence-corrected chi connectivity index (χ1v) is 26.9. The van der Waals surface area contributed by atoms with Crippen molar-refractivity contribution in [2.24, 2.45) is 0 Å². The van der Waals surface area contributed by atoms with Crippen LogP contribution in [-0.2, 0) is 18.2 Å². The Bertz CT molecular complexity index is 105. The van der Waals surface area contributed by atoms with Crippen LogP contribution in [0.25, 0.3) is 0 Å². The monoisotopic (exact) mass is 552 g/mol. The van der Waals surface area contributed by atoms with Crippen LogP contribution in [0.3, 0.4) is 0 Å². The van der Waals surface area contributed by atoms with Crippen LogP contribution in [0.15, 0.2) is 0 Å². The molecule has 0 spiro atoms. The number of rotatable bonds is 4. The summed E-state index contributed by atoms with van der Waals surface area (Å²) in [6, 6.07) is 0. The maximum atomic E-state index is 5.72. The molecular weight excluding hydrogens is 536 g/mol. The van der Waals surface area contributed by atoms with E-state index in [2.05, 4.69) is 64.0 Å². The fourth-order valence-electron chi connectivity index (χ4n) is 0.577. The van der Waals surface area contributed by atoms with Crippen LogP contribution in [0.2, 0.25) is 0 Å². The van der Waals surface area contributed by atoms with Crippen molar-refractivity contribution in [3.05, 3.63) is 0 Å². The van der Waals surface area contributed by atoms with E-state index in [9.17, 15) is 0 Å². The van der Waals surface area contributed by atoms with Gasteiger partial charge in [0.25, 0.3) is 0 Å². The summed E-state index contributed by atoms with van der Waals surface area (Å²) in [7, 11) is 0. The van der Waals surface area contributed by atoms with Gasteiger partial charge >= 0.3 is 94.4 Å². The van der Waals surface area contributed by atoms with Crippen LogP contribution in [0.4, 0.5) is 0 Å². The second kappa shape index (κ2) is 5.87. The second-order valence-corrected chi connectivity index (χ2v) is 48.0. The molecule has 0 radical (unpaired) electrons. The summed E-state index contributed by atoms with van der Waals surface area (Å²) in [6.45, 7) is 8.21. The summed E-state index contributed by atoms with van der Waals surface area (Å²) in [6.07, 6.45) is 0.591. The van der Waals surface area contributed by atoms with E-state index < -0.39 is 12.5 Å². The fourth-order valence-corrected chi connectivity index (χ4v) is 21.4. The first-order valence-electron chi connectivity index (χ1n) is 3.57. The average Bonchev–Trinajstić information content (AvgIpc) is 1.53. The van der Waals surface area contributed by atoms with Gasteiger partial charge in [-0.05, 0) is 0 Å². The van der Waals surface area contributed by atoms with E-state index in [0.29, 0.717) is 12.2 Å². The summed E-state index contributed by atoms with van der Waals surface area (Å²) in [5.74, 6) is 0.